The fourth-order valence-corrected chi connectivity index (χ4v) is 6.58. The third-order valence-electron chi connectivity index (χ3n) is 9.14. The van der Waals surface area contributed by atoms with Crippen molar-refractivity contribution in [2.45, 2.75) is 200 Å². The Hall–Kier alpha value is -0.990. The summed E-state index contributed by atoms with van der Waals surface area (Å²) in [5.41, 5.74) is 0. The highest BCUT2D eigenvalue weighted by atomic mass is 31.2. The summed E-state index contributed by atoms with van der Waals surface area (Å²) in [6.45, 7) is 4.44. The predicted octanol–water partition coefficient (Wildman–Crippen LogP) is 11.2. The van der Waals surface area contributed by atoms with Crippen LogP contribution in [0.25, 0.3) is 0 Å². The highest BCUT2D eigenvalue weighted by molar-refractivity contribution is 7.47. The van der Waals surface area contributed by atoms with Crippen LogP contribution in [0.2, 0.25) is 0 Å². The summed E-state index contributed by atoms with van der Waals surface area (Å²) in [4.78, 5) is 35.2. The Morgan fingerprint density at radius 3 is 1.28 bits per heavy atom. The van der Waals surface area contributed by atoms with Crippen LogP contribution >= 0.6 is 7.82 Å². The predicted molar refractivity (Wildman–Crippen MR) is 206 cm³/mol. The van der Waals surface area contributed by atoms with E-state index in [4.69, 9.17) is 18.5 Å². The van der Waals surface area contributed by atoms with E-state index < -0.39 is 26.5 Å². The molecule has 0 bridgehead atoms. The Balaban J connectivity index is 4.36. The van der Waals surface area contributed by atoms with E-state index in [0.29, 0.717) is 17.4 Å². The van der Waals surface area contributed by atoms with E-state index in [-0.39, 0.29) is 25.6 Å². The van der Waals surface area contributed by atoms with E-state index in [9.17, 15) is 19.0 Å². The summed E-state index contributed by atoms with van der Waals surface area (Å²) >= 11 is 0. The van der Waals surface area contributed by atoms with Crippen LogP contribution < -0.4 is 0 Å². The van der Waals surface area contributed by atoms with Crippen molar-refractivity contribution in [3.05, 3.63) is 0 Å². The fourth-order valence-electron chi connectivity index (χ4n) is 5.84. The number of carbonyl (C=O) groups is 2. The van der Waals surface area contributed by atoms with E-state index in [1.807, 2.05) is 21.1 Å². The second-order valence-electron chi connectivity index (χ2n) is 15.4. The highest BCUT2D eigenvalue weighted by Gasteiger charge is 2.27. The van der Waals surface area contributed by atoms with Gasteiger partial charge in [0.15, 0.2) is 6.10 Å². The average molecular weight is 735 g/mol. The van der Waals surface area contributed by atoms with Crippen LogP contribution in [-0.4, -0.2) is 74.9 Å². The van der Waals surface area contributed by atoms with E-state index in [1.54, 1.807) is 0 Å². The van der Waals surface area contributed by atoms with Gasteiger partial charge in [0.25, 0.3) is 0 Å². The van der Waals surface area contributed by atoms with Gasteiger partial charge in [0, 0.05) is 12.8 Å². The molecule has 0 rings (SSSR count). The van der Waals surface area contributed by atoms with Gasteiger partial charge >= 0.3 is 19.8 Å². The first-order valence-electron chi connectivity index (χ1n) is 20.8. The number of ether oxygens (including phenoxy) is 2. The number of hydrogen-bond acceptors (Lipinski definition) is 7. The number of rotatable bonds is 38. The lowest BCUT2D eigenvalue weighted by Gasteiger charge is -2.24. The van der Waals surface area contributed by atoms with Gasteiger partial charge in [-0.25, -0.2) is 4.57 Å². The summed E-state index contributed by atoms with van der Waals surface area (Å²) in [5.74, 6) is -0.787. The summed E-state index contributed by atoms with van der Waals surface area (Å²) in [7, 11) is 1.49. The third kappa shape index (κ3) is 36.8. The van der Waals surface area contributed by atoms with Crippen molar-refractivity contribution in [3.63, 3.8) is 0 Å². The van der Waals surface area contributed by atoms with Gasteiger partial charge < -0.3 is 18.9 Å². The quantitative estimate of drug-likeness (QED) is 0.0289. The van der Waals surface area contributed by atoms with Gasteiger partial charge in [-0.1, -0.05) is 168 Å². The number of quaternary nitrogens is 1. The molecule has 2 atom stereocenters. The van der Waals surface area contributed by atoms with Crippen LogP contribution in [0.3, 0.4) is 0 Å². The van der Waals surface area contributed by atoms with Crippen molar-refractivity contribution >= 4 is 19.8 Å². The maximum absolute atomic E-state index is 12.6. The summed E-state index contributed by atoms with van der Waals surface area (Å²) < 4.78 is 34.2. The highest BCUT2D eigenvalue weighted by Crippen LogP contribution is 2.43. The molecule has 10 heteroatoms. The number of nitrogens with zero attached hydrogens (tertiary/aromatic N) is 1. The van der Waals surface area contributed by atoms with Crippen molar-refractivity contribution in [1.29, 1.82) is 0 Å². The minimum Gasteiger partial charge on any atom is -0.462 e. The number of likely N-dealkylation sites (N-methyl/N-ethyl adjacent to an activating group) is 1. The Morgan fingerprint density at radius 2 is 0.900 bits per heavy atom. The van der Waals surface area contributed by atoms with Crippen molar-refractivity contribution in [2.75, 3.05) is 47.5 Å². The molecule has 0 spiro atoms. The Kier molecular flexibility index (Phi) is 33.2. The minimum absolute atomic E-state index is 0.0366. The van der Waals surface area contributed by atoms with Gasteiger partial charge in [-0.15, -0.1) is 0 Å². The van der Waals surface area contributed by atoms with Crippen LogP contribution in [0.4, 0.5) is 0 Å². The second kappa shape index (κ2) is 33.8. The first-order valence-corrected chi connectivity index (χ1v) is 22.3. The summed E-state index contributed by atoms with van der Waals surface area (Å²) in [6, 6.07) is 0. The molecule has 298 valence electrons. The van der Waals surface area contributed by atoms with Gasteiger partial charge in [0.05, 0.1) is 27.7 Å². The number of unbranched alkanes of at least 4 members (excludes halogenated alkanes) is 24. The zero-order valence-electron chi connectivity index (χ0n) is 33.4. The van der Waals surface area contributed by atoms with Crippen LogP contribution in [0.1, 0.15) is 194 Å². The summed E-state index contributed by atoms with van der Waals surface area (Å²) in [6.07, 6.45) is 31.4. The smallest absolute Gasteiger partial charge is 0.462 e. The maximum Gasteiger partial charge on any atom is 0.472 e. The first-order chi connectivity index (χ1) is 24.0. The van der Waals surface area contributed by atoms with Crippen molar-refractivity contribution in [1.82, 2.24) is 0 Å². The largest absolute Gasteiger partial charge is 0.472 e. The van der Waals surface area contributed by atoms with E-state index in [1.165, 1.54) is 128 Å². The number of phosphoric ester groups is 1. The molecule has 0 aromatic heterocycles. The molecule has 0 radical (unpaired) electrons. The topological polar surface area (TPSA) is 108 Å². The number of carbonyl (C=O) groups excluding carboxylic acids is 2. The number of esters is 2. The first kappa shape index (κ1) is 49.0. The lowest BCUT2D eigenvalue weighted by molar-refractivity contribution is -0.870. The zero-order valence-corrected chi connectivity index (χ0v) is 34.3. The third-order valence-corrected chi connectivity index (χ3v) is 10.1. The van der Waals surface area contributed by atoms with Gasteiger partial charge in [-0.2, -0.15) is 0 Å². The van der Waals surface area contributed by atoms with Gasteiger partial charge in [-0.3, -0.25) is 18.6 Å². The molecule has 0 aromatic carbocycles. The van der Waals surface area contributed by atoms with Crippen molar-refractivity contribution in [2.24, 2.45) is 0 Å². The molecule has 0 saturated heterocycles. The van der Waals surface area contributed by atoms with Crippen LogP contribution in [0.5, 0.6) is 0 Å². The average Bonchev–Trinajstić information content (AvgIpc) is 3.06. The second-order valence-corrected chi connectivity index (χ2v) is 16.8. The van der Waals surface area contributed by atoms with Crippen molar-refractivity contribution < 1.29 is 42.1 Å². The minimum atomic E-state index is -4.36. The molecule has 0 aromatic rings. The zero-order chi connectivity index (χ0) is 37.2. The lowest BCUT2D eigenvalue weighted by Crippen LogP contribution is -2.37. The van der Waals surface area contributed by atoms with Gasteiger partial charge in [-0.05, 0) is 12.8 Å². The standard InChI is InChI=1S/C40H80NO8P/c1-6-8-10-12-14-16-18-20-22-24-26-28-30-32-39(42)46-36-38(37-48-50(44,45)47-35-34-41(3,4)5)49-40(43)33-31-29-27-25-23-21-19-17-15-13-11-9-7-2/h38H,6-37H2,1-5H3/p+1/t38-/m1/s1. The van der Waals surface area contributed by atoms with E-state index >= 15 is 0 Å². The van der Waals surface area contributed by atoms with Gasteiger partial charge in [0.1, 0.15) is 19.8 Å². The molecule has 0 amide bonds. The Bertz CT molecular complexity index is 835. The Morgan fingerprint density at radius 1 is 0.540 bits per heavy atom. The molecule has 0 aliphatic heterocycles. The molecule has 0 aliphatic rings. The molecule has 1 N–H and O–H groups in total. The molecule has 50 heavy (non-hydrogen) atoms. The number of phosphoric acid groups is 1. The molecular weight excluding hydrogens is 653 g/mol. The van der Waals surface area contributed by atoms with Crippen molar-refractivity contribution in [3.8, 4) is 0 Å². The van der Waals surface area contributed by atoms with E-state index in [0.717, 1.165) is 38.5 Å². The molecule has 1 unspecified atom stereocenters. The molecular formula is C40H81NO8P+. The molecule has 0 fully saturated rings. The van der Waals surface area contributed by atoms with E-state index in [2.05, 4.69) is 13.8 Å². The Labute approximate surface area is 308 Å². The SMILES string of the molecule is CCCCCCCCCCCCCCCC(=O)OC[C@H](COP(=O)(O)OCC[N+](C)(C)C)OC(=O)CCCCCCCCCCCCCCC. The normalized spacial score (nSPS) is 13.6. The lowest BCUT2D eigenvalue weighted by atomic mass is 10.0. The molecule has 9 nitrogen and oxygen atoms in total. The molecule has 0 heterocycles. The maximum atomic E-state index is 12.6. The van der Waals surface area contributed by atoms with Crippen LogP contribution in [0.15, 0.2) is 0 Å². The monoisotopic (exact) mass is 735 g/mol. The van der Waals surface area contributed by atoms with Gasteiger partial charge in [0.2, 0.25) is 0 Å². The van der Waals surface area contributed by atoms with Crippen LogP contribution in [0, 0.1) is 0 Å². The van der Waals surface area contributed by atoms with Crippen LogP contribution in [-0.2, 0) is 32.7 Å². The number of hydrogen-bond donors (Lipinski definition) is 1. The fraction of sp³-hybridized carbons (Fsp3) is 0.950. The molecule has 0 saturated carbocycles. The summed E-state index contributed by atoms with van der Waals surface area (Å²) in [5, 5.41) is 0. The molecule has 0 aliphatic carbocycles.